The quantitative estimate of drug-likeness (QED) is 0.846. The third-order valence-corrected chi connectivity index (χ3v) is 3.30. The third-order valence-electron chi connectivity index (χ3n) is 2.60. The van der Waals surface area contributed by atoms with E-state index >= 15 is 0 Å². The number of carbonyl (C=O) groups excluding carboxylic acids is 1. The van der Waals surface area contributed by atoms with Gasteiger partial charge in [-0.25, -0.2) is 0 Å². The van der Waals surface area contributed by atoms with Gasteiger partial charge in [-0.05, 0) is 12.0 Å². The molecule has 0 aliphatic carbocycles. The molecule has 90 valence electrons. The predicted molar refractivity (Wildman–Crippen MR) is 68.0 cm³/mol. The molecule has 0 saturated carbocycles. The largest absolute Gasteiger partial charge is 0.469 e. The molecule has 1 aromatic rings. The van der Waals surface area contributed by atoms with Crippen molar-refractivity contribution in [1.82, 2.24) is 5.32 Å². The van der Waals surface area contributed by atoms with Crippen molar-refractivity contribution in [1.29, 1.82) is 0 Å². The molecule has 0 aliphatic heterocycles. The van der Waals surface area contributed by atoms with Crippen LogP contribution in [0.15, 0.2) is 16.7 Å². The monoisotopic (exact) mass is 287 g/mol. The average molecular weight is 288 g/mol. The number of hydrogen-bond donors (Lipinski definition) is 1. The van der Waals surface area contributed by atoms with Crippen LogP contribution < -0.4 is 5.32 Å². The molecular formula is C12H18BrNO2. The fraction of sp³-hybridized carbons (Fsp3) is 0.583. The minimum absolute atomic E-state index is 0.0521. The van der Waals surface area contributed by atoms with Crippen molar-refractivity contribution in [3.05, 3.63) is 23.7 Å². The maximum absolute atomic E-state index is 12.0. The lowest BCUT2D eigenvalue weighted by Gasteiger charge is -2.19. The molecule has 16 heavy (non-hydrogen) atoms. The first-order valence-corrected chi connectivity index (χ1v) is 6.65. The summed E-state index contributed by atoms with van der Waals surface area (Å²) < 4.78 is 5.24. The number of halogens is 1. The van der Waals surface area contributed by atoms with Gasteiger partial charge in [0.05, 0.1) is 11.8 Å². The van der Waals surface area contributed by atoms with E-state index in [4.69, 9.17) is 4.42 Å². The topological polar surface area (TPSA) is 42.2 Å². The van der Waals surface area contributed by atoms with Crippen molar-refractivity contribution in [2.75, 3.05) is 5.33 Å². The maximum Gasteiger partial charge on any atom is 0.255 e. The highest BCUT2D eigenvalue weighted by Gasteiger charge is 2.18. The standard InChI is InChI=1S/C12H18BrNO2/c1-4-11-9(5-6-16-11)12(15)14-10(7-13)8(2)3/h5-6,8,10H,4,7H2,1-3H3,(H,14,15). The number of alkyl halides is 1. The molecule has 1 unspecified atom stereocenters. The zero-order valence-corrected chi connectivity index (χ0v) is 11.5. The van der Waals surface area contributed by atoms with E-state index in [1.807, 2.05) is 6.92 Å². The molecule has 0 spiro atoms. The first kappa shape index (κ1) is 13.3. The molecule has 0 aliphatic rings. The second kappa shape index (κ2) is 6.09. The third kappa shape index (κ3) is 3.11. The molecule has 1 N–H and O–H groups in total. The van der Waals surface area contributed by atoms with Gasteiger partial charge in [0.15, 0.2) is 0 Å². The van der Waals surface area contributed by atoms with Crippen LogP contribution in [-0.4, -0.2) is 17.3 Å². The van der Waals surface area contributed by atoms with Crippen molar-refractivity contribution in [2.45, 2.75) is 33.2 Å². The summed E-state index contributed by atoms with van der Waals surface area (Å²) in [5.41, 5.74) is 0.647. The van der Waals surface area contributed by atoms with Gasteiger partial charge in [0, 0.05) is 17.8 Å². The van der Waals surface area contributed by atoms with E-state index in [0.29, 0.717) is 11.5 Å². The highest BCUT2D eigenvalue weighted by Crippen LogP contribution is 2.13. The first-order valence-electron chi connectivity index (χ1n) is 5.53. The summed E-state index contributed by atoms with van der Waals surface area (Å²) in [6, 6.07) is 1.87. The smallest absolute Gasteiger partial charge is 0.255 e. The van der Waals surface area contributed by atoms with Gasteiger partial charge in [-0.15, -0.1) is 0 Å². The Bertz CT molecular complexity index is 347. The van der Waals surface area contributed by atoms with E-state index < -0.39 is 0 Å². The van der Waals surface area contributed by atoms with Gasteiger partial charge < -0.3 is 9.73 Å². The fourth-order valence-electron chi connectivity index (χ4n) is 1.45. The molecule has 3 nitrogen and oxygen atoms in total. The first-order chi connectivity index (χ1) is 7.60. The Labute approximate surface area is 105 Å². The Balaban J connectivity index is 2.71. The minimum atomic E-state index is -0.0521. The van der Waals surface area contributed by atoms with Gasteiger partial charge in [0.1, 0.15) is 5.76 Å². The number of amides is 1. The second-order valence-electron chi connectivity index (χ2n) is 4.09. The van der Waals surface area contributed by atoms with Crippen molar-refractivity contribution in [2.24, 2.45) is 5.92 Å². The van der Waals surface area contributed by atoms with Crippen LogP contribution in [0.25, 0.3) is 0 Å². The number of rotatable bonds is 5. The highest BCUT2D eigenvalue weighted by molar-refractivity contribution is 9.09. The molecule has 1 aromatic heterocycles. The summed E-state index contributed by atoms with van der Waals surface area (Å²) in [6.45, 7) is 6.14. The molecule has 0 fully saturated rings. The van der Waals surface area contributed by atoms with Crippen LogP contribution in [0.5, 0.6) is 0 Å². The molecule has 4 heteroatoms. The van der Waals surface area contributed by atoms with Crippen molar-refractivity contribution >= 4 is 21.8 Å². The van der Waals surface area contributed by atoms with E-state index in [1.165, 1.54) is 0 Å². The van der Waals surface area contributed by atoms with Gasteiger partial charge in [0.2, 0.25) is 0 Å². The number of furan rings is 1. The molecule has 1 atom stereocenters. The van der Waals surface area contributed by atoms with Crippen LogP contribution >= 0.6 is 15.9 Å². The average Bonchev–Trinajstić information content (AvgIpc) is 2.72. The zero-order valence-electron chi connectivity index (χ0n) is 9.92. The van der Waals surface area contributed by atoms with Gasteiger partial charge >= 0.3 is 0 Å². The van der Waals surface area contributed by atoms with Crippen LogP contribution in [0.2, 0.25) is 0 Å². The Kier molecular flexibility index (Phi) is 5.06. The Morgan fingerprint density at radius 2 is 2.25 bits per heavy atom. The van der Waals surface area contributed by atoms with Gasteiger partial charge in [-0.3, -0.25) is 4.79 Å². The Hall–Kier alpha value is -0.770. The summed E-state index contributed by atoms with van der Waals surface area (Å²) >= 11 is 3.41. The Morgan fingerprint density at radius 3 is 2.75 bits per heavy atom. The van der Waals surface area contributed by atoms with Crippen LogP contribution in [0.4, 0.5) is 0 Å². The summed E-state index contributed by atoms with van der Waals surface area (Å²) in [4.78, 5) is 12.0. The second-order valence-corrected chi connectivity index (χ2v) is 4.74. The molecule has 0 aromatic carbocycles. The molecule has 0 radical (unpaired) electrons. The van der Waals surface area contributed by atoms with Gasteiger partial charge in [-0.1, -0.05) is 36.7 Å². The van der Waals surface area contributed by atoms with Crippen LogP contribution in [0.3, 0.4) is 0 Å². The van der Waals surface area contributed by atoms with Crippen molar-refractivity contribution < 1.29 is 9.21 Å². The van der Waals surface area contributed by atoms with E-state index in [0.717, 1.165) is 17.5 Å². The lowest BCUT2D eigenvalue weighted by molar-refractivity contribution is 0.0930. The molecule has 1 heterocycles. The zero-order chi connectivity index (χ0) is 12.1. The van der Waals surface area contributed by atoms with Gasteiger partial charge in [0.25, 0.3) is 5.91 Å². The van der Waals surface area contributed by atoms with E-state index in [-0.39, 0.29) is 11.9 Å². The molecule has 0 bridgehead atoms. The normalized spacial score (nSPS) is 12.8. The fourth-order valence-corrected chi connectivity index (χ4v) is 2.36. The van der Waals surface area contributed by atoms with E-state index in [2.05, 4.69) is 35.1 Å². The SMILES string of the molecule is CCc1occc1C(=O)NC(CBr)C(C)C. The highest BCUT2D eigenvalue weighted by atomic mass is 79.9. The van der Waals surface area contributed by atoms with Gasteiger partial charge in [-0.2, -0.15) is 0 Å². The summed E-state index contributed by atoms with van der Waals surface area (Å²) in [6.07, 6.45) is 2.29. The van der Waals surface area contributed by atoms with E-state index in [1.54, 1.807) is 12.3 Å². The van der Waals surface area contributed by atoms with Crippen LogP contribution in [0.1, 0.15) is 36.9 Å². The number of carbonyl (C=O) groups is 1. The van der Waals surface area contributed by atoms with Crippen molar-refractivity contribution in [3.8, 4) is 0 Å². The predicted octanol–water partition coefficient (Wildman–Crippen LogP) is 2.99. The summed E-state index contributed by atoms with van der Waals surface area (Å²) in [7, 11) is 0. The maximum atomic E-state index is 12.0. The lowest BCUT2D eigenvalue weighted by Crippen LogP contribution is -2.39. The van der Waals surface area contributed by atoms with E-state index in [9.17, 15) is 4.79 Å². The van der Waals surface area contributed by atoms with Crippen molar-refractivity contribution in [3.63, 3.8) is 0 Å². The Morgan fingerprint density at radius 1 is 1.56 bits per heavy atom. The number of hydrogen-bond acceptors (Lipinski definition) is 2. The van der Waals surface area contributed by atoms with Crippen LogP contribution in [0, 0.1) is 5.92 Å². The number of aryl methyl sites for hydroxylation is 1. The van der Waals surface area contributed by atoms with Crippen LogP contribution in [-0.2, 0) is 6.42 Å². The number of nitrogens with one attached hydrogen (secondary N) is 1. The molecule has 1 rings (SSSR count). The molecule has 1 amide bonds. The summed E-state index contributed by atoms with van der Waals surface area (Å²) in [5, 5.41) is 3.76. The minimum Gasteiger partial charge on any atom is -0.469 e. The molecular weight excluding hydrogens is 270 g/mol. The summed E-state index contributed by atoms with van der Waals surface area (Å²) in [5.74, 6) is 1.10. The molecule has 0 saturated heterocycles. The lowest BCUT2D eigenvalue weighted by atomic mass is 10.1.